The van der Waals surface area contributed by atoms with Gasteiger partial charge in [-0.05, 0) is 12.1 Å². The zero-order valence-corrected chi connectivity index (χ0v) is 9.75. The number of hydrogen-bond acceptors (Lipinski definition) is 4. The molecule has 0 aliphatic rings. The Bertz CT molecular complexity index is 324. The van der Waals surface area contributed by atoms with Gasteiger partial charge < -0.3 is 5.11 Å². The summed E-state index contributed by atoms with van der Waals surface area (Å²) in [7, 11) is 0. The lowest BCUT2D eigenvalue weighted by Gasteiger charge is -2.06. The molecular weight excluding hydrogens is 210 g/mol. The molecule has 1 rings (SSSR count). The Kier molecular flexibility index (Phi) is 4.78. The number of Topliss-reactive ketones (excluding diaryl/α,β-unsaturated/α-hetero) is 1. The van der Waals surface area contributed by atoms with Crippen LogP contribution < -0.4 is 0 Å². The number of nitrogens with zero attached hydrogens (tertiary/aromatic N) is 1. The Morgan fingerprint density at radius 2 is 2.33 bits per heavy atom. The maximum atomic E-state index is 11.3. The molecule has 1 unspecified atom stereocenters. The van der Waals surface area contributed by atoms with Crippen molar-refractivity contribution in [2.24, 2.45) is 0 Å². The lowest BCUT2D eigenvalue weighted by Crippen LogP contribution is -2.03. The van der Waals surface area contributed by atoms with Crippen molar-refractivity contribution in [2.45, 2.75) is 30.4 Å². The van der Waals surface area contributed by atoms with E-state index in [-0.39, 0.29) is 17.6 Å². The fourth-order valence-corrected chi connectivity index (χ4v) is 1.86. The van der Waals surface area contributed by atoms with Crippen molar-refractivity contribution < 1.29 is 9.90 Å². The molecule has 15 heavy (non-hydrogen) atoms. The van der Waals surface area contributed by atoms with Crippen LogP contribution in [-0.2, 0) is 0 Å². The molecule has 82 valence electrons. The first-order valence-electron chi connectivity index (χ1n) is 4.94. The van der Waals surface area contributed by atoms with Crippen LogP contribution in [0, 0.1) is 0 Å². The molecule has 0 aliphatic carbocycles. The van der Waals surface area contributed by atoms with Gasteiger partial charge in [-0.15, -0.1) is 11.8 Å². The van der Waals surface area contributed by atoms with Crippen LogP contribution in [0.25, 0.3) is 0 Å². The highest BCUT2D eigenvalue weighted by atomic mass is 32.2. The Balaban J connectivity index is 2.68. The van der Waals surface area contributed by atoms with E-state index < -0.39 is 0 Å². The zero-order valence-electron chi connectivity index (χ0n) is 8.93. The van der Waals surface area contributed by atoms with Crippen molar-refractivity contribution in [3.8, 4) is 0 Å². The quantitative estimate of drug-likeness (QED) is 0.616. The number of aliphatic hydroxyl groups is 1. The number of aliphatic hydroxyl groups excluding tert-OH is 1. The van der Waals surface area contributed by atoms with Crippen LogP contribution in [0.1, 0.15) is 30.8 Å². The summed E-state index contributed by atoms with van der Waals surface area (Å²) in [4.78, 5) is 16.4. The summed E-state index contributed by atoms with van der Waals surface area (Å²) in [6.45, 7) is 3.90. The predicted octanol–water partition coefficient (Wildman–Crippen LogP) is 2.15. The van der Waals surface area contributed by atoms with Gasteiger partial charge in [0.1, 0.15) is 5.69 Å². The number of ketones is 1. The highest BCUT2D eigenvalue weighted by Gasteiger charge is 2.06. The second kappa shape index (κ2) is 5.88. The molecule has 1 N–H and O–H groups in total. The molecule has 1 aromatic heterocycles. The molecule has 3 nitrogen and oxygen atoms in total. The lowest BCUT2D eigenvalue weighted by molar-refractivity contribution is 0.0983. The molecular formula is C11H15NO2S. The van der Waals surface area contributed by atoms with Gasteiger partial charge in [0.2, 0.25) is 0 Å². The van der Waals surface area contributed by atoms with E-state index in [4.69, 9.17) is 5.11 Å². The van der Waals surface area contributed by atoms with Crippen molar-refractivity contribution in [1.82, 2.24) is 4.98 Å². The Morgan fingerprint density at radius 3 is 2.80 bits per heavy atom. The predicted molar refractivity (Wildman–Crippen MR) is 61.3 cm³/mol. The van der Waals surface area contributed by atoms with Crippen LogP contribution in [0.4, 0.5) is 0 Å². The monoisotopic (exact) mass is 225 g/mol. The van der Waals surface area contributed by atoms with Crippen LogP contribution in [0.3, 0.4) is 0 Å². The van der Waals surface area contributed by atoms with Gasteiger partial charge in [0.15, 0.2) is 5.78 Å². The summed E-state index contributed by atoms with van der Waals surface area (Å²) in [5.41, 5.74) is 0.513. The summed E-state index contributed by atoms with van der Waals surface area (Å²) in [6, 6.07) is 3.60. The van der Waals surface area contributed by atoms with E-state index in [2.05, 4.69) is 4.98 Å². The summed E-state index contributed by atoms with van der Waals surface area (Å²) in [5.74, 6) is 0.0572. The van der Waals surface area contributed by atoms with Crippen LogP contribution in [0.2, 0.25) is 0 Å². The minimum atomic E-state index is 0.0572. The minimum Gasteiger partial charge on any atom is -0.395 e. The molecule has 0 saturated carbocycles. The molecule has 0 fully saturated rings. The van der Waals surface area contributed by atoms with E-state index in [1.54, 1.807) is 24.0 Å². The first kappa shape index (κ1) is 12.2. The molecule has 1 atom stereocenters. The maximum Gasteiger partial charge on any atom is 0.180 e. The number of carbonyl (C=O) groups excluding carboxylic acids is 1. The maximum absolute atomic E-state index is 11.3. The molecule has 1 aromatic rings. The summed E-state index contributed by atoms with van der Waals surface area (Å²) in [6.07, 6.45) is 2.16. The summed E-state index contributed by atoms with van der Waals surface area (Å²) < 4.78 is 0. The number of aromatic nitrogens is 1. The van der Waals surface area contributed by atoms with Crippen molar-refractivity contribution >= 4 is 17.5 Å². The molecule has 0 bridgehead atoms. The van der Waals surface area contributed by atoms with E-state index >= 15 is 0 Å². The Labute approximate surface area is 93.9 Å². The van der Waals surface area contributed by atoms with Crippen LogP contribution >= 0.6 is 11.8 Å². The van der Waals surface area contributed by atoms with Crippen molar-refractivity contribution in [3.63, 3.8) is 0 Å². The summed E-state index contributed by atoms with van der Waals surface area (Å²) >= 11 is 1.55. The molecule has 0 radical (unpaired) electrons. The first-order chi connectivity index (χ1) is 7.17. The largest absolute Gasteiger partial charge is 0.395 e. The topological polar surface area (TPSA) is 50.2 Å². The Hall–Kier alpha value is -0.870. The number of pyridine rings is 1. The molecule has 0 saturated heterocycles. The molecule has 0 aromatic carbocycles. The van der Waals surface area contributed by atoms with E-state index in [0.29, 0.717) is 12.1 Å². The summed E-state index contributed by atoms with van der Waals surface area (Å²) in [5, 5.41) is 9.03. The molecule has 4 heteroatoms. The van der Waals surface area contributed by atoms with E-state index in [9.17, 15) is 4.79 Å². The van der Waals surface area contributed by atoms with Crippen molar-refractivity contribution in [2.75, 3.05) is 6.61 Å². The van der Waals surface area contributed by atoms with Crippen LogP contribution in [0.5, 0.6) is 0 Å². The molecule has 0 aliphatic heterocycles. The number of rotatable bonds is 5. The average molecular weight is 225 g/mol. The van der Waals surface area contributed by atoms with Gasteiger partial charge in [-0.2, -0.15) is 0 Å². The zero-order chi connectivity index (χ0) is 11.3. The van der Waals surface area contributed by atoms with Gasteiger partial charge in [-0.1, -0.05) is 13.8 Å². The van der Waals surface area contributed by atoms with Gasteiger partial charge in [-0.25, -0.2) is 0 Å². The van der Waals surface area contributed by atoms with E-state index in [1.165, 1.54) is 0 Å². The fraction of sp³-hybridized carbons (Fsp3) is 0.455. The third-order valence-electron chi connectivity index (χ3n) is 1.94. The second-order valence-electron chi connectivity index (χ2n) is 3.27. The SMILES string of the molecule is CCC(=O)c1ccc(SC(C)CO)cn1. The smallest absolute Gasteiger partial charge is 0.180 e. The highest BCUT2D eigenvalue weighted by Crippen LogP contribution is 2.21. The average Bonchev–Trinajstić information content (AvgIpc) is 2.29. The first-order valence-corrected chi connectivity index (χ1v) is 5.82. The molecule has 0 spiro atoms. The number of carbonyl (C=O) groups is 1. The van der Waals surface area contributed by atoms with E-state index in [1.807, 2.05) is 19.9 Å². The van der Waals surface area contributed by atoms with Crippen LogP contribution in [-0.4, -0.2) is 27.7 Å². The third-order valence-corrected chi connectivity index (χ3v) is 3.00. The van der Waals surface area contributed by atoms with Crippen LogP contribution in [0.15, 0.2) is 23.2 Å². The standard InChI is InChI=1S/C11H15NO2S/c1-3-11(14)10-5-4-9(6-12-10)15-8(2)7-13/h4-6,8,13H,3,7H2,1-2H3. The highest BCUT2D eigenvalue weighted by molar-refractivity contribution is 8.00. The van der Waals surface area contributed by atoms with E-state index in [0.717, 1.165) is 4.90 Å². The minimum absolute atomic E-state index is 0.0572. The van der Waals surface area contributed by atoms with Crippen molar-refractivity contribution in [1.29, 1.82) is 0 Å². The number of thioether (sulfide) groups is 1. The Morgan fingerprint density at radius 1 is 1.60 bits per heavy atom. The fourth-order valence-electron chi connectivity index (χ4n) is 1.07. The van der Waals surface area contributed by atoms with Crippen molar-refractivity contribution in [3.05, 3.63) is 24.0 Å². The molecule has 1 heterocycles. The van der Waals surface area contributed by atoms with Gasteiger partial charge in [0.05, 0.1) is 6.61 Å². The normalized spacial score (nSPS) is 12.5. The number of hydrogen-bond donors (Lipinski definition) is 1. The third kappa shape index (κ3) is 3.64. The van der Waals surface area contributed by atoms with Gasteiger partial charge in [-0.3, -0.25) is 9.78 Å². The lowest BCUT2D eigenvalue weighted by atomic mass is 10.2. The van der Waals surface area contributed by atoms with Gasteiger partial charge in [0, 0.05) is 22.8 Å². The van der Waals surface area contributed by atoms with Gasteiger partial charge >= 0.3 is 0 Å². The molecule has 0 amide bonds. The van der Waals surface area contributed by atoms with Gasteiger partial charge in [0.25, 0.3) is 0 Å². The second-order valence-corrected chi connectivity index (χ2v) is 4.78.